The molecule has 3 fully saturated rings. The van der Waals surface area contributed by atoms with E-state index in [1.807, 2.05) is 11.0 Å². The number of benzene rings is 1. The first-order valence-corrected chi connectivity index (χ1v) is 12.6. The maximum atomic E-state index is 13.3. The van der Waals surface area contributed by atoms with Crippen molar-refractivity contribution in [2.45, 2.75) is 63.0 Å². The molecule has 1 aromatic carbocycles. The van der Waals surface area contributed by atoms with Crippen LogP contribution in [0.25, 0.3) is 0 Å². The van der Waals surface area contributed by atoms with Gasteiger partial charge in [0.1, 0.15) is 5.75 Å². The molecule has 2 saturated heterocycles. The van der Waals surface area contributed by atoms with Crippen LogP contribution in [0.1, 0.15) is 60.8 Å². The summed E-state index contributed by atoms with van der Waals surface area (Å²) >= 11 is 0. The molecule has 2 aliphatic heterocycles. The van der Waals surface area contributed by atoms with Crippen LogP contribution >= 0.6 is 0 Å². The lowest BCUT2D eigenvalue weighted by Crippen LogP contribution is -2.68. The molecule has 1 aliphatic carbocycles. The molecule has 1 amide bonds. The predicted octanol–water partition coefficient (Wildman–Crippen LogP) is 3.20. The van der Waals surface area contributed by atoms with Crippen molar-refractivity contribution < 1.29 is 14.6 Å². The lowest BCUT2D eigenvalue weighted by atomic mass is 9.57. The number of aliphatic hydroxyl groups is 1. The van der Waals surface area contributed by atoms with Crippen molar-refractivity contribution >= 4 is 5.91 Å². The second kappa shape index (κ2) is 8.93. The Balaban J connectivity index is 1.54. The number of rotatable bonds is 5. The number of carbonyl (C=O) groups is 1. The van der Waals surface area contributed by atoms with Gasteiger partial charge in [0, 0.05) is 43.5 Å². The minimum atomic E-state index is -0.968. The summed E-state index contributed by atoms with van der Waals surface area (Å²) in [7, 11) is 1.69. The Morgan fingerprint density at radius 2 is 1.85 bits per heavy atom. The molecule has 3 unspecified atom stereocenters. The number of piperidine rings is 1. The van der Waals surface area contributed by atoms with Gasteiger partial charge in [-0.3, -0.25) is 9.69 Å². The molecule has 3 atom stereocenters. The van der Waals surface area contributed by atoms with E-state index in [9.17, 15) is 9.90 Å². The largest absolute Gasteiger partial charge is 0.497 e. The van der Waals surface area contributed by atoms with Gasteiger partial charge < -0.3 is 14.7 Å². The number of nitrogens with zero attached hydrogens (tertiary/aromatic N) is 4. The molecule has 5 rings (SSSR count). The second-order valence-electron chi connectivity index (χ2n) is 10.4. The van der Waals surface area contributed by atoms with E-state index >= 15 is 0 Å². The quantitative estimate of drug-likeness (QED) is 0.732. The van der Waals surface area contributed by atoms with Gasteiger partial charge in [0.25, 0.3) is 5.91 Å². The van der Waals surface area contributed by atoms with E-state index < -0.39 is 11.0 Å². The average molecular weight is 465 g/mol. The van der Waals surface area contributed by atoms with Gasteiger partial charge in [0.05, 0.1) is 12.7 Å². The number of hydrogen-bond donors (Lipinski definition) is 1. The number of hydrogen-bond acceptors (Lipinski definition) is 6. The standard InChI is InChI=1S/C27H36N4O3/c1-19-5-8-22(34-3)17-23(19)26-9-14-30(25(32)24-28-12-4-13-29-24)16-11-27(26,33)20(2)31(15-10-26)18-21-6-7-21/h4-5,8,12-13,17,20-21,33H,6-7,9-11,14-16,18H2,1-3H3. The molecule has 0 bridgehead atoms. The van der Waals surface area contributed by atoms with Gasteiger partial charge in [-0.2, -0.15) is 0 Å². The maximum Gasteiger partial charge on any atom is 0.291 e. The fourth-order valence-corrected chi connectivity index (χ4v) is 6.36. The fraction of sp³-hybridized carbons (Fsp3) is 0.593. The van der Waals surface area contributed by atoms with E-state index in [1.54, 1.807) is 25.6 Å². The van der Waals surface area contributed by atoms with Crippen LogP contribution in [0, 0.1) is 12.8 Å². The van der Waals surface area contributed by atoms with Gasteiger partial charge in [-0.1, -0.05) is 6.07 Å². The zero-order chi connectivity index (χ0) is 23.9. The van der Waals surface area contributed by atoms with Crippen LogP contribution in [0.3, 0.4) is 0 Å². The molecule has 3 aliphatic rings. The number of carbonyl (C=O) groups excluding carboxylic acids is 1. The molecule has 1 saturated carbocycles. The summed E-state index contributed by atoms with van der Waals surface area (Å²) < 4.78 is 5.59. The first kappa shape index (κ1) is 23.2. The monoisotopic (exact) mass is 464 g/mol. The number of aromatic nitrogens is 2. The lowest BCUT2D eigenvalue weighted by molar-refractivity contribution is -0.136. The van der Waals surface area contributed by atoms with Crippen molar-refractivity contribution in [3.63, 3.8) is 0 Å². The van der Waals surface area contributed by atoms with Crippen molar-refractivity contribution in [2.75, 3.05) is 33.3 Å². The number of aryl methyl sites for hydroxylation is 1. The molecule has 3 heterocycles. The summed E-state index contributed by atoms with van der Waals surface area (Å²) in [4.78, 5) is 25.9. The highest BCUT2D eigenvalue weighted by Crippen LogP contribution is 2.53. The predicted molar refractivity (Wildman–Crippen MR) is 130 cm³/mol. The maximum absolute atomic E-state index is 13.3. The summed E-state index contributed by atoms with van der Waals surface area (Å²) in [5, 5.41) is 12.7. The smallest absolute Gasteiger partial charge is 0.291 e. The van der Waals surface area contributed by atoms with Crippen LogP contribution < -0.4 is 4.74 Å². The average Bonchev–Trinajstić information content (AvgIpc) is 3.69. The van der Waals surface area contributed by atoms with E-state index in [1.165, 1.54) is 12.8 Å². The molecular weight excluding hydrogens is 428 g/mol. The van der Waals surface area contributed by atoms with Crippen LogP contribution in [0.2, 0.25) is 0 Å². The van der Waals surface area contributed by atoms with Crippen LogP contribution in [-0.2, 0) is 5.41 Å². The van der Waals surface area contributed by atoms with E-state index in [4.69, 9.17) is 4.74 Å². The molecular formula is C27H36N4O3. The van der Waals surface area contributed by atoms with Gasteiger partial charge in [-0.05, 0) is 87.7 Å². The van der Waals surface area contributed by atoms with Gasteiger partial charge in [0.15, 0.2) is 0 Å². The highest BCUT2D eigenvalue weighted by atomic mass is 16.5. The third kappa shape index (κ3) is 3.89. The minimum Gasteiger partial charge on any atom is -0.497 e. The molecule has 2 aromatic rings. The number of ether oxygens (including phenoxy) is 1. The van der Waals surface area contributed by atoms with Gasteiger partial charge in [-0.15, -0.1) is 0 Å². The van der Waals surface area contributed by atoms with Gasteiger partial charge in [0.2, 0.25) is 5.82 Å². The summed E-state index contributed by atoms with van der Waals surface area (Å²) in [5.41, 5.74) is 0.882. The first-order valence-electron chi connectivity index (χ1n) is 12.6. The SMILES string of the molecule is COc1ccc(C)c(C23CCN(C(=O)c4ncccn4)CCC2(O)C(C)N(CC2CC2)CC3)c1. The molecule has 34 heavy (non-hydrogen) atoms. The number of fused-ring (bicyclic) bond motifs is 1. The Hall–Kier alpha value is -2.51. The highest BCUT2D eigenvalue weighted by Gasteiger charge is 2.60. The van der Waals surface area contributed by atoms with E-state index in [0.29, 0.717) is 25.9 Å². The molecule has 0 spiro atoms. The van der Waals surface area contributed by atoms with Crippen LogP contribution in [0.15, 0.2) is 36.7 Å². The molecule has 182 valence electrons. The first-order chi connectivity index (χ1) is 16.4. The Bertz CT molecular complexity index is 1040. The number of likely N-dealkylation sites (tertiary alicyclic amines) is 2. The topological polar surface area (TPSA) is 78.8 Å². The molecule has 1 aromatic heterocycles. The normalized spacial score (nSPS) is 29.9. The van der Waals surface area contributed by atoms with Crippen molar-refractivity contribution in [3.8, 4) is 5.75 Å². The Labute approximate surface area is 202 Å². The summed E-state index contributed by atoms with van der Waals surface area (Å²) in [6.45, 7) is 7.36. The third-order valence-electron chi connectivity index (χ3n) is 8.66. The zero-order valence-electron chi connectivity index (χ0n) is 20.5. The van der Waals surface area contributed by atoms with Crippen LogP contribution in [0.4, 0.5) is 0 Å². The number of amides is 1. The summed E-state index contributed by atoms with van der Waals surface area (Å²) in [6.07, 6.45) is 7.86. The van der Waals surface area contributed by atoms with Crippen LogP contribution in [0.5, 0.6) is 5.75 Å². The van der Waals surface area contributed by atoms with Crippen molar-refractivity contribution in [2.24, 2.45) is 5.92 Å². The van der Waals surface area contributed by atoms with Crippen LogP contribution in [-0.4, -0.2) is 75.7 Å². The van der Waals surface area contributed by atoms with Gasteiger partial charge >= 0.3 is 0 Å². The zero-order valence-corrected chi connectivity index (χ0v) is 20.5. The third-order valence-corrected chi connectivity index (χ3v) is 8.66. The summed E-state index contributed by atoms with van der Waals surface area (Å²) in [5.74, 6) is 1.62. The van der Waals surface area contributed by atoms with E-state index in [2.05, 4.69) is 40.8 Å². The fourth-order valence-electron chi connectivity index (χ4n) is 6.36. The van der Waals surface area contributed by atoms with Crippen molar-refractivity contribution in [1.29, 1.82) is 0 Å². The molecule has 7 heteroatoms. The van der Waals surface area contributed by atoms with Crippen molar-refractivity contribution in [1.82, 2.24) is 19.8 Å². The minimum absolute atomic E-state index is 0.00419. The van der Waals surface area contributed by atoms with Crippen molar-refractivity contribution in [3.05, 3.63) is 53.6 Å². The molecule has 7 nitrogen and oxygen atoms in total. The lowest BCUT2D eigenvalue weighted by Gasteiger charge is -2.57. The Morgan fingerprint density at radius 3 is 2.56 bits per heavy atom. The van der Waals surface area contributed by atoms with Gasteiger partial charge in [-0.25, -0.2) is 9.97 Å². The van der Waals surface area contributed by atoms with E-state index in [-0.39, 0.29) is 17.8 Å². The van der Waals surface area contributed by atoms with E-state index in [0.717, 1.165) is 42.3 Å². The Kier molecular flexibility index (Phi) is 6.10. The second-order valence-corrected chi connectivity index (χ2v) is 10.4. The number of methoxy groups -OCH3 is 1. The Morgan fingerprint density at radius 1 is 1.15 bits per heavy atom. The highest BCUT2D eigenvalue weighted by molar-refractivity contribution is 5.90. The molecule has 1 N–H and O–H groups in total. The molecule has 0 radical (unpaired) electrons. The summed E-state index contributed by atoms with van der Waals surface area (Å²) in [6, 6.07) is 7.90.